The Bertz CT molecular complexity index is 641. The Morgan fingerprint density at radius 2 is 2.00 bits per heavy atom. The van der Waals surface area contributed by atoms with Crippen LogP contribution in [0, 0.1) is 6.92 Å². The van der Waals surface area contributed by atoms with Gasteiger partial charge in [-0.05, 0) is 24.0 Å². The highest BCUT2D eigenvalue weighted by Crippen LogP contribution is 2.29. The molecule has 1 aromatic heterocycles. The van der Waals surface area contributed by atoms with Gasteiger partial charge in [0.15, 0.2) is 5.82 Å². The second kappa shape index (κ2) is 6.64. The van der Waals surface area contributed by atoms with E-state index in [0.29, 0.717) is 24.5 Å². The molecule has 2 N–H and O–H groups in total. The molecule has 0 aliphatic carbocycles. The molecule has 0 unspecified atom stereocenters. The quantitative estimate of drug-likeness (QED) is 0.883. The molecule has 118 valence electrons. The van der Waals surface area contributed by atoms with Crippen molar-refractivity contribution in [2.75, 3.05) is 17.2 Å². The zero-order valence-corrected chi connectivity index (χ0v) is 13.6. The maximum absolute atomic E-state index is 11.9. The summed E-state index contributed by atoms with van der Waals surface area (Å²) in [4.78, 5) is 11.9. The summed E-state index contributed by atoms with van der Waals surface area (Å²) in [5.41, 5.74) is 2.37. The molecule has 0 fully saturated rings. The number of benzene rings is 1. The van der Waals surface area contributed by atoms with E-state index in [1.165, 1.54) is 5.56 Å². The summed E-state index contributed by atoms with van der Waals surface area (Å²) in [6.07, 6.45) is 0.365. The minimum Gasteiger partial charge on any atom is -0.384 e. The van der Waals surface area contributed by atoms with Gasteiger partial charge in [0.2, 0.25) is 5.91 Å². The Labute approximate surface area is 131 Å². The number of aromatic nitrogens is 1. The van der Waals surface area contributed by atoms with Crippen LogP contribution in [0.5, 0.6) is 0 Å². The minimum absolute atomic E-state index is 0.0596. The summed E-state index contributed by atoms with van der Waals surface area (Å²) in [6, 6.07) is 9.88. The largest absolute Gasteiger partial charge is 0.384 e. The van der Waals surface area contributed by atoms with Crippen LogP contribution < -0.4 is 10.6 Å². The highest BCUT2D eigenvalue weighted by molar-refractivity contribution is 5.90. The van der Waals surface area contributed by atoms with Gasteiger partial charge in [-0.1, -0.05) is 44.1 Å². The topological polar surface area (TPSA) is 67.2 Å². The molecule has 2 rings (SSSR count). The Hall–Kier alpha value is -2.30. The molecule has 0 aliphatic rings. The maximum Gasteiger partial charge on any atom is 0.227 e. The third-order valence-corrected chi connectivity index (χ3v) is 3.30. The lowest BCUT2D eigenvalue weighted by Crippen LogP contribution is -2.19. The van der Waals surface area contributed by atoms with Crippen LogP contribution in [0.3, 0.4) is 0 Å². The number of para-hydroxylation sites is 1. The van der Waals surface area contributed by atoms with Gasteiger partial charge in [0.05, 0.1) is 0 Å². The highest BCUT2D eigenvalue weighted by Gasteiger charge is 2.17. The zero-order valence-electron chi connectivity index (χ0n) is 13.6. The summed E-state index contributed by atoms with van der Waals surface area (Å²) in [5.74, 6) is 1.04. The number of nitrogens with zero attached hydrogens (tertiary/aromatic N) is 1. The summed E-state index contributed by atoms with van der Waals surface area (Å²) >= 11 is 0. The number of carbonyl (C=O) groups excluding carboxylic acids is 1. The van der Waals surface area contributed by atoms with Crippen molar-refractivity contribution >= 4 is 17.4 Å². The van der Waals surface area contributed by atoms with Crippen LogP contribution in [0.1, 0.15) is 38.5 Å². The van der Waals surface area contributed by atoms with Gasteiger partial charge in [-0.15, -0.1) is 0 Å². The van der Waals surface area contributed by atoms with Crippen LogP contribution in [0.25, 0.3) is 0 Å². The first kappa shape index (κ1) is 16.1. The molecule has 1 amide bonds. The molecular weight excluding hydrogens is 278 g/mol. The predicted molar refractivity (Wildman–Crippen MR) is 88.1 cm³/mol. The van der Waals surface area contributed by atoms with Gasteiger partial charge in [-0.3, -0.25) is 4.79 Å². The van der Waals surface area contributed by atoms with Crippen molar-refractivity contribution in [1.82, 2.24) is 5.16 Å². The first-order chi connectivity index (χ1) is 10.4. The van der Waals surface area contributed by atoms with Crippen LogP contribution in [0.4, 0.5) is 11.5 Å². The Morgan fingerprint density at radius 1 is 1.27 bits per heavy atom. The van der Waals surface area contributed by atoms with E-state index < -0.39 is 0 Å². The fourth-order valence-corrected chi connectivity index (χ4v) is 2.23. The molecule has 1 heterocycles. The van der Waals surface area contributed by atoms with Crippen molar-refractivity contribution in [2.45, 2.75) is 39.5 Å². The van der Waals surface area contributed by atoms with E-state index in [4.69, 9.17) is 4.52 Å². The molecule has 2 aromatic rings. The number of aryl methyl sites for hydroxylation is 1. The average molecular weight is 301 g/mol. The predicted octanol–water partition coefficient (Wildman–Crippen LogP) is 3.72. The van der Waals surface area contributed by atoms with Gasteiger partial charge >= 0.3 is 0 Å². The second-order valence-electron chi connectivity index (χ2n) is 6.34. The van der Waals surface area contributed by atoms with Gasteiger partial charge in [0, 0.05) is 24.7 Å². The Kier molecular flexibility index (Phi) is 4.85. The zero-order chi connectivity index (χ0) is 16.2. The van der Waals surface area contributed by atoms with Gasteiger partial charge in [0.1, 0.15) is 5.76 Å². The van der Waals surface area contributed by atoms with Crippen LogP contribution in [-0.2, 0) is 10.2 Å². The number of carbonyl (C=O) groups is 1. The van der Waals surface area contributed by atoms with Crippen molar-refractivity contribution in [1.29, 1.82) is 0 Å². The normalized spacial score (nSPS) is 11.3. The van der Waals surface area contributed by atoms with Crippen LogP contribution >= 0.6 is 0 Å². The van der Waals surface area contributed by atoms with Crippen molar-refractivity contribution in [2.24, 2.45) is 0 Å². The van der Waals surface area contributed by atoms with Gasteiger partial charge < -0.3 is 15.2 Å². The minimum atomic E-state index is -0.0889. The second-order valence-corrected chi connectivity index (χ2v) is 6.34. The Morgan fingerprint density at radius 3 is 2.64 bits per heavy atom. The monoisotopic (exact) mass is 301 g/mol. The van der Waals surface area contributed by atoms with E-state index in [1.54, 1.807) is 13.0 Å². The van der Waals surface area contributed by atoms with Crippen molar-refractivity contribution < 1.29 is 9.32 Å². The van der Waals surface area contributed by atoms with Gasteiger partial charge in [-0.2, -0.15) is 0 Å². The number of hydrogen-bond acceptors (Lipinski definition) is 4. The number of anilines is 2. The van der Waals surface area contributed by atoms with Gasteiger partial charge in [-0.25, -0.2) is 0 Å². The molecule has 0 saturated heterocycles. The molecule has 22 heavy (non-hydrogen) atoms. The molecule has 1 aromatic carbocycles. The number of nitrogens with one attached hydrogen (secondary N) is 2. The number of hydrogen-bond donors (Lipinski definition) is 2. The Balaban J connectivity index is 1.87. The highest BCUT2D eigenvalue weighted by atomic mass is 16.5. The molecule has 0 spiro atoms. The molecular formula is C17H23N3O2. The van der Waals surface area contributed by atoms with E-state index in [0.717, 1.165) is 5.69 Å². The average Bonchev–Trinajstić information content (AvgIpc) is 2.83. The molecule has 0 radical (unpaired) electrons. The lowest BCUT2D eigenvalue weighted by molar-refractivity contribution is -0.116. The fourth-order valence-electron chi connectivity index (χ4n) is 2.23. The summed E-state index contributed by atoms with van der Waals surface area (Å²) < 4.78 is 4.91. The molecule has 0 atom stereocenters. The SMILES string of the molecule is Cc1cc(NC(=O)CCNc2ccccc2C(C)(C)C)no1. The van der Waals surface area contributed by atoms with E-state index >= 15 is 0 Å². The van der Waals surface area contributed by atoms with E-state index in [9.17, 15) is 4.79 Å². The van der Waals surface area contributed by atoms with Crippen LogP contribution in [-0.4, -0.2) is 17.6 Å². The fraction of sp³-hybridized carbons (Fsp3) is 0.412. The van der Waals surface area contributed by atoms with Crippen LogP contribution in [0.2, 0.25) is 0 Å². The van der Waals surface area contributed by atoms with Gasteiger partial charge in [0.25, 0.3) is 0 Å². The molecule has 0 aliphatic heterocycles. The molecule has 5 heteroatoms. The summed E-state index contributed by atoms with van der Waals surface area (Å²) in [7, 11) is 0. The van der Waals surface area contributed by atoms with E-state index in [2.05, 4.69) is 42.6 Å². The van der Waals surface area contributed by atoms with E-state index in [1.807, 2.05) is 18.2 Å². The smallest absolute Gasteiger partial charge is 0.227 e. The first-order valence-corrected chi connectivity index (χ1v) is 7.43. The standard InChI is InChI=1S/C17H23N3O2/c1-12-11-15(20-22-12)19-16(21)9-10-18-14-8-6-5-7-13(14)17(2,3)4/h5-8,11,18H,9-10H2,1-4H3,(H,19,20,21). The summed E-state index contributed by atoms with van der Waals surface area (Å²) in [5, 5.41) is 9.79. The van der Waals surface area contributed by atoms with Crippen molar-refractivity contribution in [3.63, 3.8) is 0 Å². The first-order valence-electron chi connectivity index (χ1n) is 7.43. The maximum atomic E-state index is 11.9. The lowest BCUT2D eigenvalue weighted by atomic mass is 9.86. The lowest BCUT2D eigenvalue weighted by Gasteiger charge is -2.23. The van der Waals surface area contributed by atoms with Crippen LogP contribution in [0.15, 0.2) is 34.9 Å². The molecule has 5 nitrogen and oxygen atoms in total. The summed E-state index contributed by atoms with van der Waals surface area (Å²) in [6.45, 7) is 8.87. The number of amides is 1. The third kappa shape index (κ3) is 4.35. The third-order valence-electron chi connectivity index (χ3n) is 3.30. The number of rotatable bonds is 5. The van der Waals surface area contributed by atoms with E-state index in [-0.39, 0.29) is 11.3 Å². The van der Waals surface area contributed by atoms with Crippen molar-refractivity contribution in [3.05, 3.63) is 41.7 Å². The molecule has 0 bridgehead atoms. The molecule has 0 saturated carbocycles. The van der Waals surface area contributed by atoms with Crippen molar-refractivity contribution in [3.8, 4) is 0 Å².